The topological polar surface area (TPSA) is 57.8 Å². The van der Waals surface area contributed by atoms with E-state index in [9.17, 15) is 0 Å². The van der Waals surface area contributed by atoms with Gasteiger partial charge in [0.2, 0.25) is 0 Å². The fourth-order valence-electron chi connectivity index (χ4n) is 3.38. The minimum absolute atomic E-state index is 0.0365. The standard InChI is InChI=1S/C22H29N5O/c1-4-5-6-10-13-20-21(19-11-8-7-9-12-19)23-16-27(20)18(2)22-25-24-17-26(22)14-15-28-3/h5-9,11-12,16-18H,4,10,13-15H2,1-3H3/b6-5-. The third kappa shape index (κ3) is 4.57. The average Bonchev–Trinajstić information content (AvgIpc) is 3.37. The van der Waals surface area contributed by atoms with Gasteiger partial charge in [0.1, 0.15) is 6.33 Å². The summed E-state index contributed by atoms with van der Waals surface area (Å²) in [6.07, 6.45) is 11.1. The van der Waals surface area contributed by atoms with E-state index < -0.39 is 0 Å². The summed E-state index contributed by atoms with van der Waals surface area (Å²) in [4.78, 5) is 4.76. The van der Waals surface area contributed by atoms with Crippen LogP contribution in [0.5, 0.6) is 0 Å². The summed E-state index contributed by atoms with van der Waals surface area (Å²) < 4.78 is 9.50. The van der Waals surface area contributed by atoms with Crippen LogP contribution in [-0.2, 0) is 17.7 Å². The van der Waals surface area contributed by atoms with Crippen molar-refractivity contribution in [3.8, 4) is 11.3 Å². The normalized spacial score (nSPS) is 12.7. The first-order valence-corrected chi connectivity index (χ1v) is 9.89. The van der Waals surface area contributed by atoms with Crippen molar-refractivity contribution in [3.63, 3.8) is 0 Å². The fourth-order valence-corrected chi connectivity index (χ4v) is 3.38. The monoisotopic (exact) mass is 379 g/mol. The van der Waals surface area contributed by atoms with Gasteiger partial charge in [0.05, 0.1) is 24.7 Å². The van der Waals surface area contributed by atoms with Gasteiger partial charge in [0.15, 0.2) is 5.82 Å². The molecule has 2 aromatic heterocycles. The Balaban J connectivity index is 1.94. The summed E-state index contributed by atoms with van der Waals surface area (Å²) in [6, 6.07) is 10.4. The molecule has 0 N–H and O–H groups in total. The van der Waals surface area contributed by atoms with Crippen LogP contribution in [0.4, 0.5) is 0 Å². The van der Waals surface area contributed by atoms with Crippen LogP contribution >= 0.6 is 0 Å². The van der Waals surface area contributed by atoms with Gasteiger partial charge in [-0.2, -0.15) is 0 Å². The number of rotatable bonds is 10. The zero-order chi connectivity index (χ0) is 19.8. The van der Waals surface area contributed by atoms with Crippen LogP contribution in [0, 0.1) is 0 Å². The molecule has 0 saturated heterocycles. The molecule has 28 heavy (non-hydrogen) atoms. The molecule has 0 spiro atoms. The van der Waals surface area contributed by atoms with Gasteiger partial charge in [0.25, 0.3) is 0 Å². The second-order valence-electron chi connectivity index (χ2n) is 6.78. The number of benzene rings is 1. The second-order valence-corrected chi connectivity index (χ2v) is 6.78. The largest absolute Gasteiger partial charge is 0.383 e. The summed E-state index contributed by atoms with van der Waals surface area (Å²) in [5, 5.41) is 8.49. The Labute approximate surface area is 166 Å². The Morgan fingerprint density at radius 3 is 2.71 bits per heavy atom. The molecule has 0 saturated carbocycles. The minimum Gasteiger partial charge on any atom is -0.383 e. The maximum Gasteiger partial charge on any atom is 0.155 e. The zero-order valence-corrected chi connectivity index (χ0v) is 17.0. The Morgan fingerprint density at radius 2 is 1.96 bits per heavy atom. The lowest BCUT2D eigenvalue weighted by Crippen LogP contribution is -2.16. The molecule has 6 nitrogen and oxygen atoms in total. The Kier molecular flexibility index (Phi) is 7.14. The summed E-state index contributed by atoms with van der Waals surface area (Å²) in [7, 11) is 1.71. The molecule has 0 aliphatic heterocycles. The first kappa shape index (κ1) is 20.0. The van der Waals surface area contributed by atoms with Crippen LogP contribution in [0.25, 0.3) is 11.3 Å². The highest BCUT2D eigenvalue weighted by Crippen LogP contribution is 2.28. The van der Waals surface area contributed by atoms with Crippen LogP contribution in [0.2, 0.25) is 0 Å². The van der Waals surface area contributed by atoms with Gasteiger partial charge in [-0.25, -0.2) is 4.98 Å². The van der Waals surface area contributed by atoms with E-state index in [0.29, 0.717) is 6.61 Å². The first-order chi connectivity index (χ1) is 13.8. The van der Waals surface area contributed by atoms with Crippen LogP contribution < -0.4 is 0 Å². The van der Waals surface area contributed by atoms with Crippen molar-refractivity contribution >= 4 is 0 Å². The van der Waals surface area contributed by atoms with Gasteiger partial charge in [-0.3, -0.25) is 0 Å². The van der Waals surface area contributed by atoms with Crippen molar-refractivity contribution in [2.45, 2.75) is 45.7 Å². The van der Waals surface area contributed by atoms with E-state index in [0.717, 1.165) is 42.9 Å². The predicted octanol–water partition coefficient (Wildman–Crippen LogP) is 4.30. The number of hydrogen-bond acceptors (Lipinski definition) is 4. The molecule has 3 aromatic rings. The second kappa shape index (κ2) is 9.99. The third-order valence-electron chi connectivity index (χ3n) is 4.87. The Morgan fingerprint density at radius 1 is 1.14 bits per heavy atom. The summed E-state index contributed by atoms with van der Waals surface area (Å²) in [6.45, 7) is 5.67. The zero-order valence-electron chi connectivity index (χ0n) is 17.0. The smallest absolute Gasteiger partial charge is 0.155 e. The quantitative estimate of drug-likeness (QED) is 0.493. The minimum atomic E-state index is 0.0365. The van der Waals surface area contributed by atoms with E-state index in [1.807, 2.05) is 12.4 Å². The Bertz CT molecular complexity index is 881. The number of nitrogens with zero attached hydrogens (tertiary/aromatic N) is 5. The molecule has 0 amide bonds. The number of aromatic nitrogens is 5. The average molecular weight is 380 g/mol. The third-order valence-corrected chi connectivity index (χ3v) is 4.87. The molecular formula is C22H29N5O. The maximum absolute atomic E-state index is 5.21. The molecule has 148 valence electrons. The molecule has 3 rings (SSSR count). The van der Waals surface area contributed by atoms with Crippen LogP contribution in [0.3, 0.4) is 0 Å². The predicted molar refractivity (Wildman–Crippen MR) is 111 cm³/mol. The molecule has 1 aromatic carbocycles. The van der Waals surface area contributed by atoms with E-state index in [4.69, 9.17) is 9.72 Å². The van der Waals surface area contributed by atoms with Crippen molar-refractivity contribution < 1.29 is 4.74 Å². The molecule has 6 heteroatoms. The highest BCUT2D eigenvalue weighted by Gasteiger charge is 2.21. The number of hydrogen-bond donors (Lipinski definition) is 0. The fraction of sp³-hybridized carbons (Fsp3) is 0.409. The van der Waals surface area contributed by atoms with Crippen LogP contribution in [-0.4, -0.2) is 38.0 Å². The molecular weight excluding hydrogens is 350 g/mol. The van der Waals surface area contributed by atoms with Crippen LogP contribution in [0.15, 0.2) is 55.1 Å². The molecule has 0 aliphatic carbocycles. The van der Waals surface area contributed by atoms with Crippen molar-refractivity contribution in [1.29, 1.82) is 0 Å². The van der Waals surface area contributed by atoms with Gasteiger partial charge in [-0.05, 0) is 26.2 Å². The van der Waals surface area contributed by atoms with Crippen molar-refractivity contribution in [2.75, 3.05) is 13.7 Å². The number of allylic oxidation sites excluding steroid dienone is 2. The molecule has 0 aliphatic rings. The van der Waals surface area contributed by atoms with E-state index in [1.54, 1.807) is 13.4 Å². The van der Waals surface area contributed by atoms with Crippen molar-refractivity contribution in [3.05, 3.63) is 66.7 Å². The number of imidazole rings is 1. The molecule has 0 bridgehead atoms. The number of methoxy groups -OCH3 is 1. The van der Waals surface area contributed by atoms with Gasteiger partial charge in [0, 0.05) is 24.9 Å². The molecule has 0 radical (unpaired) electrons. The molecule has 1 unspecified atom stereocenters. The Hall–Kier alpha value is -2.73. The van der Waals surface area contributed by atoms with Gasteiger partial charge in [-0.15, -0.1) is 10.2 Å². The number of ether oxygens (including phenoxy) is 1. The van der Waals surface area contributed by atoms with Crippen LogP contribution in [0.1, 0.15) is 44.2 Å². The van der Waals surface area contributed by atoms with E-state index in [2.05, 4.69) is 69.6 Å². The van der Waals surface area contributed by atoms with Gasteiger partial charge >= 0.3 is 0 Å². The molecule has 1 atom stereocenters. The lowest BCUT2D eigenvalue weighted by molar-refractivity contribution is 0.185. The lowest BCUT2D eigenvalue weighted by Gasteiger charge is -2.18. The lowest BCUT2D eigenvalue weighted by atomic mass is 10.1. The van der Waals surface area contributed by atoms with E-state index >= 15 is 0 Å². The first-order valence-electron chi connectivity index (χ1n) is 9.89. The summed E-state index contributed by atoms with van der Waals surface area (Å²) >= 11 is 0. The summed E-state index contributed by atoms with van der Waals surface area (Å²) in [5.74, 6) is 0.916. The van der Waals surface area contributed by atoms with Gasteiger partial charge in [-0.1, -0.05) is 49.4 Å². The van der Waals surface area contributed by atoms with E-state index in [1.165, 1.54) is 5.69 Å². The highest BCUT2D eigenvalue weighted by atomic mass is 16.5. The van der Waals surface area contributed by atoms with Crippen molar-refractivity contribution in [2.24, 2.45) is 0 Å². The van der Waals surface area contributed by atoms with E-state index in [-0.39, 0.29) is 6.04 Å². The molecule has 2 heterocycles. The van der Waals surface area contributed by atoms with Crippen molar-refractivity contribution in [1.82, 2.24) is 24.3 Å². The van der Waals surface area contributed by atoms with Gasteiger partial charge < -0.3 is 13.9 Å². The molecule has 0 fully saturated rings. The maximum atomic E-state index is 5.21. The SMILES string of the molecule is CC/C=C\CCc1c(-c2ccccc2)ncn1C(C)c1nncn1CCOC. The highest BCUT2D eigenvalue weighted by molar-refractivity contribution is 5.62. The summed E-state index contributed by atoms with van der Waals surface area (Å²) in [5.41, 5.74) is 3.41.